The van der Waals surface area contributed by atoms with E-state index in [2.05, 4.69) is 20.3 Å². The first kappa shape index (κ1) is 18.7. The van der Waals surface area contributed by atoms with E-state index in [1.165, 1.54) is 11.3 Å². The minimum atomic E-state index is -0.332. The maximum atomic E-state index is 10.2. The van der Waals surface area contributed by atoms with E-state index in [4.69, 9.17) is 15.2 Å². The van der Waals surface area contributed by atoms with Crippen LogP contribution in [0.2, 0.25) is 0 Å². The standard InChI is InChI=1S/C19H23N5O3S/c1-26-15-8-12(27-10-11-6-7-21-18(20)22-11)9-16-17(15)24-19(28-16)23-13-4-2-3-5-14(13)25/h6-9,13-14,25H,2-5,10H2,1H3,(H,23,24)(H2,20,21,22)/t13?,14-/m0/s1. The van der Waals surface area contributed by atoms with Gasteiger partial charge in [0.05, 0.1) is 29.6 Å². The van der Waals surface area contributed by atoms with Crippen molar-refractivity contribution in [1.82, 2.24) is 15.0 Å². The molecule has 2 atom stereocenters. The number of anilines is 2. The summed E-state index contributed by atoms with van der Waals surface area (Å²) in [7, 11) is 1.61. The van der Waals surface area contributed by atoms with E-state index in [1.807, 2.05) is 12.1 Å². The smallest absolute Gasteiger partial charge is 0.220 e. The maximum Gasteiger partial charge on any atom is 0.220 e. The second kappa shape index (κ2) is 8.15. The number of aromatic nitrogens is 3. The largest absolute Gasteiger partial charge is 0.494 e. The molecule has 148 valence electrons. The summed E-state index contributed by atoms with van der Waals surface area (Å²) in [5.74, 6) is 1.52. The van der Waals surface area contributed by atoms with Crippen molar-refractivity contribution in [2.45, 2.75) is 44.4 Å². The predicted octanol–water partition coefficient (Wildman–Crippen LogP) is 2.97. The minimum absolute atomic E-state index is 0.0410. The summed E-state index contributed by atoms with van der Waals surface area (Å²) in [6.45, 7) is 0.277. The van der Waals surface area contributed by atoms with Gasteiger partial charge in [0.1, 0.15) is 23.6 Å². The van der Waals surface area contributed by atoms with Crippen LogP contribution in [0.4, 0.5) is 11.1 Å². The Hall–Kier alpha value is -2.65. The third kappa shape index (κ3) is 4.10. The number of nitrogens with one attached hydrogen (secondary N) is 1. The molecule has 2 heterocycles. The molecule has 4 N–H and O–H groups in total. The van der Waals surface area contributed by atoms with Gasteiger partial charge in [-0.05, 0) is 25.0 Å². The number of fused-ring (bicyclic) bond motifs is 1. The molecule has 1 aliphatic carbocycles. The summed E-state index contributed by atoms with van der Waals surface area (Å²) < 4.78 is 12.3. The molecule has 3 aromatic rings. The lowest BCUT2D eigenvalue weighted by atomic mass is 9.93. The number of hydrogen-bond acceptors (Lipinski definition) is 9. The first-order chi connectivity index (χ1) is 13.6. The number of ether oxygens (including phenoxy) is 2. The Kier molecular flexibility index (Phi) is 5.45. The second-order valence-corrected chi connectivity index (χ2v) is 7.82. The number of nitrogens with zero attached hydrogens (tertiary/aromatic N) is 3. The summed E-state index contributed by atoms with van der Waals surface area (Å²) >= 11 is 1.52. The Morgan fingerprint density at radius 1 is 1.29 bits per heavy atom. The van der Waals surface area contributed by atoms with E-state index in [9.17, 15) is 5.11 Å². The van der Waals surface area contributed by atoms with Crippen LogP contribution in [-0.4, -0.2) is 39.3 Å². The fourth-order valence-electron chi connectivity index (χ4n) is 3.36. The topological polar surface area (TPSA) is 115 Å². The van der Waals surface area contributed by atoms with Crippen LogP contribution < -0.4 is 20.5 Å². The SMILES string of the molecule is COc1cc(OCc2ccnc(N)n2)cc2sc(NC3CCCC[C@@H]3O)nc12. The first-order valence-electron chi connectivity index (χ1n) is 9.26. The Balaban J connectivity index is 1.54. The summed E-state index contributed by atoms with van der Waals surface area (Å²) in [5.41, 5.74) is 7.08. The molecule has 2 aromatic heterocycles. The number of aliphatic hydroxyl groups excluding tert-OH is 1. The van der Waals surface area contributed by atoms with Crippen LogP contribution >= 0.6 is 11.3 Å². The van der Waals surface area contributed by atoms with Gasteiger partial charge in [0.15, 0.2) is 5.13 Å². The monoisotopic (exact) mass is 401 g/mol. The van der Waals surface area contributed by atoms with Crippen molar-refractivity contribution in [1.29, 1.82) is 0 Å². The highest BCUT2D eigenvalue weighted by Gasteiger charge is 2.24. The lowest BCUT2D eigenvalue weighted by molar-refractivity contribution is 0.116. The second-order valence-electron chi connectivity index (χ2n) is 6.79. The van der Waals surface area contributed by atoms with Gasteiger partial charge in [-0.1, -0.05) is 24.2 Å². The Labute approximate surface area is 166 Å². The van der Waals surface area contributed by atoms with Crippen LogP contribution in [0, 0.1) is 0 Å². The van der Waals surface area contributed by atoms with E-state index in [-0.39, 0.29) is 24.7 Å². The molecule has 1 saturated carbocycles. The highest BCUT2D eigenvalue weighted by molar-refractivity contribution is 7.22. The summed E-state index contributed by atoms with van der Waals surface area (Å²) in [4.78, 5) is 12.7. The zero-order valence-corrected chi connectivity index (χ0v) is 16.4. The van der Waals surface area contributed by atoms with E-state index in [1.54, 1.807) is 19.4 Å². The molecule has 0 amide bonds. The number of thiazole rings is 1. The van der Waals surface area contributed by atoms with E-state index in [0.29, 0.717) is 17.2 Å². The fraction of sp³-hybridized carbons (Fsp3) is 0.421. The molecule has 0 spiro atoms. The van der Waals surface area contributed by atoms with E-state index >= 15 is 0 Å². The first-order valence-corrected chi connectivity index (χ1v) is 10.1. The quantitative estimate of drug-likeness (QED) is 0.577. The van der Waals surface area contributed by atoms with Crippen LogP contribution in [0.5, 0.6) is 11.5 Å². The predicted molar refractivity (Wildman–Crippen MR) is 109 cm³/mol. The van der Waals surface area contributed by atoms with Crippen LogP contribution in [0.1, 0.15) is 31.4 Å². The van der Waals surface area contributed by atoms with Crippen molar-refractivity contribution < 1.29 is 14.6 Å². The molecule has 1 aliphatic rings. The molecule has 28 heavy (non-hydrogen) atoms. The Bertz CT molecular complexity index is 964. The molecule has 1 fully saturated rings. The normalized spacial score (nSPS) is 19.5. The molecule has 4 rings (SSSR count). The molecule has 1 unspecified atom stereocenters. The van der Waals surface area contributed by atoms with Gasteiger partial charge in [-0.25, -0.2) is 15.0 Å². The summed E-state index contributed by atoms with van der Waals surface area (Å²) in [6, 6.07) is 5.55. The van der Waals surface area contributed by atoms with Crippen molar-refractivity contribution in [2.24, 2.45) is 0 Å². The van der Waals surface area contributed by atoms with Gasteiger partial charge in [0.25, 0.3) is 0 Å². The third-order valence-corrected chi connectivity index (χ3v) is 5.74. The van der Waals surface area contributed by atoms with Crippen LogP contribution in [-0.2, 0) is 6.61 Å². The van der Waals surface area contributed by atoms with Crippen molar-refractivity contribution >= 4 is 32.6 Å². The zero-order chi connectivity index (χ0) is 19.5. The minimum Gasteiger partial charge on any atom is -0.494 e. The van der Waals surface area contributed by atoms with Gasteiger partial charge in [-0.2, -0.15) is 0 Å². The molecule has 0 radical (unpaired) electrons. The number of aliphatic hydroxyl groups is 1. The number of rotatable bonds is 6. The van der Waals surface area contributed by atoms with Gasteiger partial charge >= 0.3 is 0 Å². The molecule has 8 nitrogen and oxygen atoms in total. The summed E-state index contributed by atoms with van der Waals surface area (Å²) in [6.07, 6.45) is 5.25. The number of methoxy groups -OCH3 is 1. The van der Waals surface area contributed by atoms with Crippen molar-refractivity contribution in [2.75, 3.05) is 18.2 Å². The molecule has 0 aliphatic heterocycles. The van der Waals surface area contributed by atoms with Crippen LogP contribution in [0.15, 0.2) is 24.4 Å². The average Bonchev–Trinajstić information content (AvgIpc) is 3.10. The number of nitrogens with two attached hydrogens (primary N) is 1. The van der Waals surface area contributed by atoms with E-state index in [0.717, 1.165) is 41.0 Å². The molecular weight excluding hydrogens is 378 g/mol. The number of hydrogen-bond donors (Lipinski definition) is 3. The van der Waals surface area contributed by atoms with Crippen LogP contribution in [0.25, 0.3) is 10.2 Å². The van der Waals surface area contributed by atoms with Gasteiger partial charge in [0, 0.05) is 12.3 Å². The number of nitrogen functional groups attached to an aromatic ring is 1. The highest BCUT2D eigenvalue weighted by atomic mass is 32.1. The highest BCUT2D eigenvalue weighted by Crippen LogP contribution is 2.37. The Morgan fingerprint density at radius 3 is 2.93 bits per heavy atom. The number of benzene rings is 1. The fourth-order valence-corrected chi connectivity index (χ4v) is 4.34. The third-order valence-electron chi connectivity index (χ3n) is 4.81. The van der Waals surface area contributed by atoms with Gasteiger partial charge < -0.3 is 25.6 Å². The van der Waals surface area contributed by atoms with Crippen molar-refractivity contribution in [3.63, 3.8) is 0 Å². The van der Waals surface area contributed by atoms with Crippen LogP contribution in [0.3, 0.4) is 0 Å². The van der Waals surface area contributed by atoms with E-state index < -0.39 is 0 Å². The molecule has 1 aromatic carbocycles. The van der Waals surface area contributed by atoms with Gasteiger partial charge in [-0.3, -0.25) is 0 Å². The Morgan fingerprint density at radius 2 is 2.14 bits per heavy atom. The lowest BCUT2D eigenvalue weighted by Gasteiger charge is -2.27. The molecule has 0 bridgehead atoms. The molecule has 0 saturated heterocycles. The van der Waals surface area contributed by atoms with Gasteiger partial charge in [-0.15, -0.1) is 0 Å². The van der Waals surface area contributed by atoms with Crippen molar-refractivity contribution in [3.8, 4) is 11.5 Å². The van der Waals surface area contributed by atoms with Crippen molar-refractivity contribution in [3.05, 3.63) is 30.1 Å². The molecular formula is C19H23N5O3S. The zero-order valence-electron chi connectivity index (χ0n) is 15.6. The van der Waals surface area contributed by atoms with Gasteiger partial charge in [0.2, 0.25) is 5.95 Å². The molecule has 9 heteroatoms. The lowest BCUT2D eigenvalue weighted by Crippen LogP contribution is -2.36. The maximum absolute atomic E-state index is 10.2. The average molecular weight is 401 g/mol. The summed E-state index contributed by atoms with van der Waals surface area (Å²) in [5, 5.41) is 14.4.